The third kappa shape index (κ3) is 3.68. The third-order valence-corrected chi connectivity index (χ3v) is 3.83. The highest BCUT2D eigenvalue weighted by Crippen LogP contribution is 2.29. The van der Waals surface area contributed by atoms with Gasteiger partial charge in [-0.3, -0.25) is 9.59 Å². The molecule has 0 aromatic heterocycles. The number of aryl methyl sites for hydroxylation is 3. The Morgan fingerprint density at radius 2 is 1.60 bits per heavy atom. The van der Waals surface area contributed by atoms with Crippen LogP contribution in [0.5, 0.6) is 5.75 Å². The van der Waals surface area contributed by atoms with Gasteiger partial charge in [-0.05, 0) is 44.0 Å². The summed E-state index contributed by atoms with van der Waals surface area (Å²) in [5, 5.41) is 2.07. The van der Waals surface area contributed by atoms with E-state index in [2.05, 4.69) is 5.32 Å². The van der Waals surface area contributed by atoms with Gasteiger partial charge in [-0.25, -0.2) is 0 Å². The van der Waals surface area contributed by atoms with Gasteiger partial charge in [0.15, 0.2) is 0 Å². The van der Waals surface area contributed by atoms with Crippen LogP contribution in [-0.4, -0.2) is 24.7 Å². The van der Waals surface area contributed by atoms with Crippen LogP contribution in [0.1, 0.15) is 27.0 Å². The summed E-state index contributed by atoms with van der Waals surface area (Å²) in [6, 6.07) is 9.40. The van der Waals surface area contributed by atoms with E-state index in [0.717, 1.165) is 5.56 Å². The number of amides is 1. The lowest BCUT2D eigenvalue weighted by atomic mass is 9.93. The van der Waals surface area contributed by atoms with Crippen molar-refractivity contribution < 1.29 is 23.1 Å². The molecule has 2 rings (SSSR count). The fourth-order valence-electron chi connectivity index (χ4n) is 2.75. The van der Waals surface area contributed by atoms with Gasteiger partial charge in [0.1, 0.15) is 5.75 Å². The average molecular weight is 347 g/mol. The molecule has 0 aliphatic carbocycles. The number of nitrogens with one attached hydrogen (secondary N) is 1. The quantitative estimate of drug-likeness (QED) is 0.655. The molecule has 0 aliphatic heterocycles. The van der Waals surface area contributed by atoms with Crippen molar-refractivity contribution in [1.82, 2.24) is 0 Å². The number of anilines is 1. The smallest absolute Gasteiger partial charge is 0.386 e. The molecule has 4 nitrogen and oxygen atoms in total. The predicted octanol–water partition coefficient (Wildman–Crippen LogP) is 4.08. The number of benzene rings is 2. The molecule has 0 unspecified atom stereocenters. The molecule has 1 amide bonds. The Morgan fingerprint density at radius 3 is 2.16 bits per heavy atom. The third-order valence-electron chi connectivity index (χ3n) is 3.83. The minimum Gasteiger partial charge on any atom is -0.495 e. The summed E-state index contributed by atoms with van der Waals surface area (Å²) in [6.45, 7) is 4.95. The maximum atomic E-state index is 14.5. The van der Waals surface area contributed by atoms with Crippen molar-refractivity contribution in [3.05, 3.63) is 58.7 Å². The lowest BCUT2D eigenvalue weighted by Crippen LogP contribution is -2.42. The van der Waals surface area contributed by atoms with E-state index in [9.17, 15) is 18.4 Å². The van der Waals surface area contributed by atoms with Crippen molar-refractivity contribution in [2.24, 2.45) is 0 Å². The highest BCUT2D eigenvalue weighted by molar-refractivity contribution is 6.19. The predicted molar refractivity (Wildman–Crippen MR) is 91.6 cm³/mol. The van der Waals surface area contributed by atoms with Gasteiger partial charge in [-0.15, -0.1) is 0 Å². The van der Waals surface area contributed by atoms with E-state index in [1.807, 2.05) is 0 Å². The van der Waals surface area contributed by atoms with Crippen LogP contribution in [0.15, 0.2) is 36.4 Å². The van der Waals surface area contributed by atoms with Gasteiger partial charge in [-0.1, -0.05) is 29.8 Å². The summed E-state index contributed by atoms with van der Waals surface area (Å²) in [5.41, 5.74) is 1.61. The first-order chi connectivity index (χ1) is 11.7. The molecule has 0 radical (unpaired) electrons. The monoisotopic (exact) mass is 347 g/mol. The number of hydrogen-bond donors (Lipinski definition) is 1. The summed E-state index contributed by atoms with van der Waals surface area (Å²) >= 11 is 0. The minimum atomic E-state index is -4.20. The molecule has 0 saturated heterocycles. The molecule has 1 N–H and O–H groups in total. The van der Waals surface area contributed by atoms with Gasteiger partial charge in [0, 0.05) is 5.56 Å². The number of halogens is 2. The van der Waals surface area contributed by atoms with Gasteiger partial charge >= 0.3 is 11.8 Å². The summed E-state index contributed by atoms with van der Waals surface area (Å²) < 4.78 is 34.0. The first-order valence-electron chi connectivity index (χ1n) is 7.63. The lowest BCUT2D eigenvalue weighted by Gasteiger charge is -2.18. The van der Waals surface area contributed by atoms with Gasteiger partial charge in [0.05, 0.1) is 12.8 Å². The fourth-order valence-corrected chi connectivity index (χ4v) is 2.75. The molecule has 0 aliphatic rings. The van der Waals surface area contributed by atoms with Gasteiger partial charge in [0.2, 0.25) is 5.78 Å². The van der Waals surface area contributed by atoms with Crippen molar-refractivity contribution in [3.63, 3.8) is 0 Å². The maximum absolute atomic E-state index is 14.5. The van der Waals surface area contributed by atoms with E-state index in [0.29, 0.717) is 11.1 Å². The molecule has 0 spiro atoms. The van der Waals surface area contributed by atoms with Crippen molar-refractivity contribution in [2.45, 2.75) is 26.7 Å². The fraction of sp³-hybridized carbons (Fsp3) is 0.263. The van der Waals surface area contributed by atoms with Crippen LogP contribution in [0.4, 0.5) is 14.5 Å². The Kier molecular flexibility index (Phi) is 5.21. The molecule has 2 aromatic carbocycles. The van der Waals surface area contributed by atoms with Crippen molar-refractivity contribution in [2.75, 3.05) is 12.4 Å². The van der Waals surface area contributed by atoms with Crippen molar-refractivity contribution in [1.29, 1.82) is 0 Å². The molecular weight excluding hydrogens is 328 g/mol. The van der Waals surface area contributed by atoms with Gasteiger partial charge in [-0.2, -0.15) is 8.78 Å². The van der Waals surface area contributed by atoms with Crippen LogP contribution in [0.25, 0.3) is 0 Å². The van der Waals surface area contributed by atoms with Gasteiger partial charge in [0.25, 0.3) is 0 Å². The van der Waals surface area contributed by atoms with Crippen LogP contribution < -0.4 is 10.1 Å². The molecule has 0 heterocycles. The zero-order valence-electron chi connectivity index (χ0n) is 14.4. The van der Waals surface area contributed by atoms with E-state index in [-0.39, 0.29) is 17.0 Å². The van der Waals surface area contributed by atoms with E-state index < -0.39 is 17.6 Å². The second-order valence-electron chi connectivity index (χ2n) is 5.83. The normalized spacial score (nSPS) is 11.1. The number of rotatable bonds is 5. The Balaban J connectivity index is 2.34. The van der Waals surface area contributed by atoms with Crippen molar-refractivity contribution >= 4 is 17.4 Å². The van der Waals surface area contributed by atoms with E-state index in [4.69, 9.17) is 4.74 Å². The molecule has 0 saturated carbocycles. The number of methoxy groups -OCH3 is 1. The number of hydrogen-bond acceptors (Lipinski definition) is 3. The topological polar surface area (TPSA) is 55.4 Å². The van der Waals surface area contributed by atoms with Crippen LogP contribution in [0, 0.1) is 20.8 Å². The van der Waals surface area contributed by atoms with Crippen LogP contribution in [0.3, 0.4) is 0 Å². The van der Waals surface area contributed by atoms with E-state index in [1.54, 1.807) is 45.0 Å². The van der Waals surface area contributed by atoms with Crippen LogP contribution in [0.2, 0.25) is 0 Å². The highest BCUT2D eigenvalue weighted by Gasteiger charge is 2.48. The van der Waals surface area contributed by atoms with Crippen LogP contribution >= 0.6 is 0 Å². The Hall–Kier alpha value is -2.76. The maximum Gasteiger partial charge on any atom is 0.386 e. The zero-order valence-corrected chi connectivity index (χ0v) is 14.4. The number of alkyl halides is 2. The summed E-state index contributed by atoms with van der Waals surface area (Å²) in [6.07, 6.45) is 0. The number of ether oxygens (including phenoxy) is 1. The Morgan fingerprint density at radius 1 is 1.04 bits per heavy atom. The number of carbonyl (C=O) groups is 2. The second kappa shape index (κ2) is 7.01. The first kappa shape index (κ1) is 18.6. The zero-order chi connectivity index (χ0) is 18.8. The number of para-hydroxylation sites is 2. The van der Waals surface area contributed by atoms with Crippen LogP contribution in [-0.2, 0) is 4.79 Å². The Labute approximate surface area is 144 Å². The molecule has 0 fully saturated rings. The van der Waals surface area contributed by atoms with Gasteiger partial charge < -0.3 is 10.1 Å². The molecular formula is C19H19F2NO3. The molecule has 0 bridgehead atoms. The lowest BCUT2D eigenvalue weighted by molar-refractivity contribution is -0.133. The summed E-state index contributed by atoms with van der Waals surface area (Å²) in [7, 11) is 1.35. The number of carbonyl (C=O) groups excluding carboxylic acids is 2. The number of ketones is 1. The molecule has 6 heteroatoms. The Bertz CT molecular complexity index is 808. The van der Waals surface area contributed by atoms with E-state index in [1.165, 1.54) is 19.2 Å². The largest absolute Gasteiger partial charge is 0.495 e. The molecule has 25 heavy (non-hydrogen) atoms. The second-order valence-corrected chi connectivity index (χ2v) is 5.83. The standard InChI is InChI=1S/C19H19F2NO3/c1-11-9-12(2)16(13(3)10-11)17(23)19(20,21)18(24)22-14-7-5-6-8-15(14)25-4/h5-10H,1-4H3,(H,22,24). The number of Topliss-reactive ketones (excluding diaryl/α,β-unsaturated/α-hetero) is 1. The molecule has 0 atom stereocenters. The average Bonchev–Trinajstić information content (AvgIpc) is 2.54. The SMILES string of the molecule is COc1ccccc1NC(=O)C(F)(F)C(=O)c1c(C)cc(C)cc1C. The summed E-state index contributed by atoms with van der Waals surface area (Å²) in [4.78, 5) is 24.4. The van der Waals surface area contributed by atoms with E-state index >= 15 is 0 Å². The minimum absolute atomic E-state index is 0.0693. The van der Waals surface area contributed by atoms with Crippen molar-refractivity contribution in [3.8, 4) is 5.75 Å². The molecule has 2 aromatic rings. The highest BCUT2D eigenvalue weighted by atomic mass is 19.3. The molecule has 132 valence electrons. The summed E-state index contributed by atoms with van der Waals surface area (Å²) in [5.74, 6) is -7.19. The first-order valence-corrected chi connectivity index (χ1v) is 7.63.